The van der Waals surface area contributed by atoms with Crippen LogP contribution < -0.4 is 10.6 Å². The van der Waals surface area contributed by atoms with E-state index in [-0.39, 0.29) is 5.91 Å². The quantitative estimate of drug-likeness (QED) is 0.700. The topological polar surface area (TPSA) is 41.1 Å². The summed E-state index contributed by atoms with van der Waals surface area (Å²) in [6.07, 6.45) is 8.22. The molecule has 17 heavy (non-hydrogen) atoms. The molecule has 0 heterocycles. The van der Waals surface area contributed by atoms with Gasteiger partial charge in [-0.2, -0.15) is 0 Å². The Morgan fingerprint density at radius 3 is 2.76 bits per heavy atom. The highest BCUT2D eigenvalue weighted by Gasteiger charge is 2.15. The molecule has 0 aromatic carbocycles. The van der Waals surface area contributed by atoms with Crippen molar-refractivity contribution in [1.82, 2.24) is 10.6 Å². The molecule has 2 atom stereocenters. The van der Waals surface area contributed by atoms with E-state index in [2.05, 4.69) is 24.5 Å². The fourth-order valence-corrected chi connectivity index (χ4v) is 2.43. The lowest BCUT2D eigenvalue weighted by atomic mass is 10.0. The zero-order valence-electron chi connectivity index (χ0n) is 11.4. The first-order valence-corrected chi connectivity index (χ1v) is 7.22. The van der Waals surface area contributed by atoms with Crippen molar-refractivity contribution < 1.29 is 4.79 Å². The zero-order valence-corrected chi connectivity index (χ0v) is 11.4. The number of amides is 1. The molecule has 1 amide bonds. The molecule has 3 nitrogen and oxygen atoms in total. The molecule has 0 aromatic rings. The molecule has 0 spiro atoms. The van der Waals surface area contributed by atoms with Gasteiger partial charge in [0.2, 0.25) is 5.91 Å². The summed E-state index contributed by atoms with van der Waals surface area (Å²) in [4.78, 5) is 11.4. The van der Waals surface area contributed by atoms with Gasteiger partial charge in [-0.05, 0) is 31.6 Å². The third kappa shape index (κ3) is 6.67. The van der Waals surface area contributed by atoms with E-state index in [9.17, 15) is 4.79 Å². The van der Waals surface area contributed by atoms with Crippen LogP contribution in [0.3, 0.4) is 0 Å². The molecule has 0 aliphatic heterocycles. The van der Waals surface area contributed by atoms with Crippen molar-refractivity contribution in [2.75, 3.05) is 13.1 Å². The van der Waals surface area contributed by atoms with E-state index in [1.54, 1.807) is 0 Å². The fraction of sp³-hybridized carbons (Fsp3) is 0.929. The summed E-state index contributed by atoms with van der Waals surface area (Å²) in [5.41, 5.74) is 0. The van der Waals surface area contributed by atoms with E-state index in [4.69, 9.17) is 0 Å². The van der Waals surface area contributed by atoms with Gasteiger partial charge in [-0.25, -0.2) is 0 Å². The highest BCUT2D eigenvalue weighted by atomic mass is 16.1. The lowest BCUT2D eigenvalue weighted by molar-refractivity contribution is -0.121. The lowest BCUT2D eigenvalue weighted by Crippen LogP contribution is -2.33. The van der Waals surface area contributed by atoms with Crippen LogP contribution in [0.1, 0.15) is 58.8 Å². The van der Waals surface area contributed by atoms with Gasteiger partial charge in [0.1, 0.15) is 0 Å². The fourth-order valence-electron chi connectivity index (χ4n) is 2.43. The largest absolute Gasteiger partial charge is 0.356 e. The first-order chi connectivity index (χ1) is 8.22. The first kappa shape index (κ1) is 14.5. The van der Waals surface area contributed by atoms with E-state index < -0.39 is 0 Å². The predicted molar refractivity (Wildman–Crippen MR) is 72.0 cm³/mol. The van der Waals surface area contributed by atoms with Crippen LogP contribution in [0, 0.1) is 5.92 Å². The third-order valence-corrected chi connectivity index (χ3v) is 3.61. The highest BCUT2D eigenvalue weighted by Crippen LogP contribution is 2.22. The van der Waals surface area contributed by atoms with Gasteiger partial charge < -0.3 is 10.6 Å². The maximum absolute atomic E-state index is 11.4. The minimum atomic E-state index is 0.182. The van der Waals surface area contributed by atoms with Crippen LogP contribution in [0.15, 0.2) is 0 Å². The maximum atomic E-state index is 11.4. The standard InChI is InChI=1S/C14H28N2O/c1-3-10-16-14(17)9-11-15-13-6-4-5-12(2)7-8-13/h12-13,15H,3-11H2,1-2H3,(H,16,17). The summed E-state index contributed by atoms with van der Waals surface area (Å²) in [7, 11) is 0. The molecule has 1 fully saturated rings. The van der Waals surface area contributed by atoms with E-state index in [1.165, 1.54) is 32.1 Å². The zero-order chi connectivity index (χ0) is 12.5. The molecule has 100 valence electrons. The number of rotatable bonds is 6. The van der Waals surface area contributed by atoms with Crippen LogP contribution in [0.4, 0.5) is 0 Å². The Kier molecular flexibility index (Phi) is 7.25. The van der Waals surface area contributed by atoms with Crippen LogP contribution >= 0.6 is 0 Å². The average Bonchev–Trinajstić information content (AvgIpc) is 2.52. The third-order valence-electron chi connectivity index (χ3n) is 3.61. The van der Waals surface area contributed by atoms with E-state index in [1.807, 2.05) is 0 Å². The Morgan fingerprint density at radius 1 is 1.18 bits per heavy atom. The Hall–Kier alpha value is -0.570. The van der Waals surface area contributed by atoms with Crippen molar-refractivity contribution >= 4 is 5.91 Å². The van der Waals surface area contributed by atoms with Crippen molar-refractivity contribution in [3.05, 3.63) is 0 Å². The van der Waals surface area contributed by atoms with Gasteiger partial charge in [0, 0.05) is 25.6 Å². The number of carbonyl (C=O) groups is 1. The molecule has 0 saturated heterocycles. The first-order valence-electron chi connectivity index (χ1n) is 7.22. The van der Waals surface area contributed by atoms with Gasteiger partial charge in [-0.3, -0.25) is 4.79 Å². The molecular weight excluding hydrogens is 212 g/mol. The summed E-state index contributed by atoms with van der Waals surface area (Å²) < 4.78 is 0. The minimum Gasteiger partial charge on any atom is -0.356 e. The van der Waals surface area contributed by atoms with Crippen LogP contribution in [-0.4, -0.2) is 25.0 Å². The van der Waals surface area contributed by atoms with Gasteiger partial charge in [-0.15, -0.1) is 0 Å². The molecule has 1 aliphatic rings. The van der Waals surface area contributed by atoms with Crippen molar-refractivity contribution in [2.45, 2.75) is 64.8 Å². The molecule has 3 heteroatoms. The van der Waals surface area contributed by atoms with Crippen LogP contribution in [0.5, 0.6) is 0 Å². The lowest BCUT2D eigenvalue weighted by Gasteiger charge is -2.16. The summed E-state index contributed by atoms with van der Waals surface area (Å²) >= 11 is 0. The van der Waals surface area contributed by atoms with Crippen molar-refractivity contribution in [3.8, 4) is 0 Å². The smallest absolute Gasteiger partial charge is 0.221 e. The average molecular weight is 240 g/mol. The van der Waals surface area contributed by atoms with E-state index in [0.717, 1.165) is 25.4 Å². The maximum Gasteiger partial charge on any atom is 0.221 e. The summed E-state index contributed by atoms with van der Waals surface area (Å²) in [6, 6.07) is 0.638. The molecular formula is C14H28N2O. The van der Waals surface area contributed by atoms with Gasteiger partial charge >= 0.3 is 0 Å². The predicted octanol–water partition coefficient (Wildman–Crippen LogP) is 2.46. The molecule has 1 saturated carbocycles. The van der Waals surface area contributed by atoms with Gasteiger partial charge in [0.15, 0.2) is 0 Å². The molecule has 1 aliphatic carbocycles. The number of carbonyl (C=O) groups excluding carboxylic acids is 1. The van der Waals surface area contributed by atoms with Gasteiger partial charge in [0.05, 0.1) is 0 Å². The van der Waals surface area contributed by atoms with Crippen LogP contribution in [-0.2, 0) is 4.79 Å². The number of hydrogen-bond donors (Lipinski definition) is 2. The molecule has 2 N–H and O–H groups in total. The van der Waals surface area contributed by atoms with Crippen LogP contribution in [0.2, 0.25) is 0 Å². The van der Waals surface area contributed by atoms with Crippen molar-refractivity contribution in [1.29, 1.82) is 0 Å². The molecule has 2 unspecified atom stereocenters. The Morgan fingerprint density at radius 2 is 2.00 bits per heavy atom. The van der Waals surface area contributed by atoms with E-state index in [0.29, 0.717) is 12.5 Å². The number of nitrogens with one attached hydrogen (secondary N) is 2. The van der Waals surface area contributed by atoms with Gasteiger partial charge in [-0.1, -0.05) is 26.7 Å². The normalized spacial score (nSPS) is 25.3. The monoisotopic (exact) mass is 240 g/mol. The second-order valence-electron chi connectivity index (χ2n) is 5.36. The Bertz CT molecular complexity index is 218. The van der Waals surface area contributed by atoms with Crippen molar-refractivity contribution in [2.24, 2.45) is 5.92 Å². The van der Waals surface area contributed by atoms with Crippen molar-refractivity contribution in [3.63, 3.8) is 0 Å². The van der Waals surface area contributed by atoms with Gasteiger partial charge in [0.25, 0.3) is 0 Å². The Balaban J connectivity index is 2.07. The SMILES string of the molecule is CCCNC(=O)CCNC1CCCC(C)CC1. The second-order valence-corrected chi connectivity index (χ2v) is 5.36. The Labute approximate surface area is 106 Å². The summed E-state index contributed by atoms with van der Waals surface area (Å²) in [5, 5.41) is 6.44. The van der Waals surface area contributed by atoms with Crippen LogP contribution in [0.25, 0.3) is 0 Å². The highest BCUT2D eigenvalue weighted by molar-refractivity contribution is 5.75. The molecule has 1 rings (SSSR count). The summed E-state index contributed by atoms with van der Waals surface area (Å²) in [6.45, 7) is 6.06. The molecule has 0 radical (unpaired) electrons. The minimum absolute atomic E-state index is 0.182. The molecule has 0 aromatic heterocycles. The second kappa shape index (κ2) is 8.51. The molecule has 0 bridgehead atoms. The number of hydrogen-bond acceptors (Lipinski definition) is 2. The summed E-state index contributed by atoms with van der Waals surface area (Å²) in [5.74, 6) is 1.07. The van der Waals surface area contributed by atoms with E-state index >= 15 is 0 Å².